The van der Waals surface area contributed by atoms with E-state index in [1.807, 2.05) is 0 Å². The maximum Gasteiger partial charge on any atom is 0.416 e. The fourth-order valence-electron chi connectivity index (χ4n) is 6.04. The van der Waals surface area contributed by atoms with Gasteiger partial charge < -0.3 is 5.32 Å². The Kier molecular flexibility index (Phi) is 7.52. The van der Waals surface area contributed by atoms with Crippen molar-refractivity contribution in [1.82, 2.24) is 10.2 Å². The van der Waals surface area contributed by atoms with E-state index in [9.17, 15) is 26.7 Å². The van der Waals surface area contributed by atoms with Crippen LogP contribution in [-0.2, 0) is 17.5 Å². The molecule has 8 heteroatoms. The lowest BCUT2D eigenvalue weighted by molar-refractivity contribution is -0.137. The zero-order valence-electron chi connectivity index (χ0n) is 20.7. The molecular formula is C30H29F5N2O. The fraction of sp³-hybridized carbons (Fsp3) is 0.367. The monoisotopic (exact) mass is 528 g/mol. The molecule has 3 atom stereocenters. The van der Waals surface area contributed by atoms with Crippen LogP contribution < -0.4 is 5.32 Å². The van der Waals surface area contributed by atoms with Gasteiger partial charge in [0.1, 0.15) is 11.6 Å². The number of carbonyl (C=O) groups is 1. The smallest absolute Gasteiger partial charge is 0.353 e. The first-order valence-corrected chi connectivity index (χ1v) is 12.8. The second-order valence-corrected chi connectivity index (χ2v) is 10.4. The number of nitrogens with zero attached hydrogens (tertiary/aromatic N) is 1. The standard InChI is InChI=1S/C30H29F5N2O/c31-24-9-4-20(5-10-24)26(21-6-11-25(32)12-7-21)15-29(38)36-28-13-8-22-17-37(18-27(22)28)16-19-2-1-3-23(14-19)30(33,34)35/h1-7,9-12,14,22,26-28H,8,13,15-18H2,(H,36,38)/t22-,27+,28-/m0/s1. The van der Waals surface area contributed by atoms with Crippen molar-refractivity contribution in [1.29, 1.82) is 0 Å². The van der Waals surface area contributed by atoms with Crippen molar-refractivity contribution in [3.8, 4) is 0 Å². The van der Waals surface area contributed by atoms with Crippen LogP contribution in [0.1, 0.15) is 47.4 Å². The molecule has 0 spiro atoms. The maximum atomic E-state index is 13.5. The number of carbonyl (C=O) groups excluding carboxylic acids is 1. The molecular weight excluding hydrogens is 499 g/mol. The van der Waals surface area contributed by atoms with Crippen LogP contribution in [-0.4, -0.2) is 29.9 Å². The number of amides is 1. The van der Waals surface area contributed by atoms with Crippen LogP contribution in [0.4, 0.5) is 22.0 Å². The first-order chi connectivity index (χ1) is 18.2. The van der Waals surface area contributed by atoms with Gasteiger partial charge in [-0.15, -0.1) is 0 Å². The molecule has 200 valence electrons. The molecule has 1 saturated carbocycles. The van der Waals surface area contributed by atoms with Crippen molar-refractivity contribution < 1.29 is 26.7 Å². The Morgan fingerprint density at radius 2 is 1.53 bits per heavy atom. The summed E-state index contributed by atoms with van der Waals surface area (Å²) in [6.07, 6.45) is -2.42. The van der Waals surface area contributed by atoms with Gasteiger partial charge in [0.2, 0.25) is 5.91 Å². The van der Waals surface area contributed by atoms with Crippen LogP contribution in [0.2, 0.25) is 0 Å². The van der Waals surface area contributed by atoms with Gasteiger partial charge in [-0.25, -0.2) is 8.78 Å². The second-order valence-electron chi connectivity index (χ2n) is 10.4. The summed E-state index contributed by atoms with van der Waals surface area (Å²) in [6.45, 7) is 1.95. The number of likely N-dealkylation sites (tertiary alicyclic amines) is 1. The maximum absolute atomic E-state index is 13.5. The molecule has 1 aliphatic carbocycles. The van der Waals surface area contributed by atoms with Gasteiger partial charge in [-0.3, -0.25) is 9.69 Å². The third kappa shape index (κ3) is 6.07. The van der Waals surface area contributed by atoms with E-state index in [1.165, 1.54) is 36.4 Å². The highest BCUT2D eigenvalue weighted by Gasteiger charge is 2.43. The predicted molar refractivity (Wildman–Crippen MR) is 134 cm³/mol. The van der Waals surface area contributed by atoms with E-state index >= 15 is 0 Å². The van der Waals surface area contributed by atoms with E-state index in [4.69, 9.17) is 0 Å². The van der Waals surface area contributed by atoms with Gasteiger partial charge in [0.25, 0.3) is 0 Å². The van der Waals surface area contributed by atoms with E-state index in [2.05, 4.69) is 10.2 Å². The summed E-state index contributed by atoms with van der Waals surface area (Å²) < 4.78 is 66.3. The molecule has 0 radical (unpaired) electrons. The Bertz CT molecular complexity index is 1210. The Balaban J connectivity index is 1.23. The quantitative estimate of drug-likeness (QED) is 0.354. The van der Waals surface area contributed by atoms with E-state index in [0.29, 0.717) is 24.6 Å². The molecule has 5 rings (SSSR count). The molecule has 3 aromatic rings. The number of nitrogens with one attached hydrogen (secondary N) is 1. The summed E-state index contributed by atoms with van der Waals surface area (Å²) in [7, 11) is 0. The average Bonchev–Trinajstić information content (AvgIpc) is 3.44. The molecule has 1 saturated heterocycles. The molecule has 3 aromatic carbocycles. The van der Waals surface area contributed by atoms with Crippen molar-refractivity contribution in [3.63, 3.8) is 0 Å². The molecule has 2 fully saturated rings. The first kappa shape index (κ1) is 26.4. The minimum atomic E-state index is -4.37. The van der Waals surface area contributed by atoms with Crippen molar-refractivity contribution in [2.75, 3.05) is 13.1 Å². The van der Waals surface area contributed by atoms with E-state index in [-0.39, 0.29) is 41.8 Å². The number of rotatable bonds is 7. The van der Waals surface area contributed by atoms with Crippen molar-refractivity contribution in [2.24, 2.45) is 11.8 Å². The van der Waals surface area contributed by atoms with Gasteiger partial charge in [0, 0.05) is 38.0 Å². The molecule has 1 heterocycles. The Morgan fingerprint density at radius 3 is 2.13 bits per heavy atom. The van der Waals surface area contributed by atoms with Crippen LogP contribution in [0, 0.1) is 23.5 Å². The second kappa shape index (κ2) is 10.8. The Labute approximate surface area is 218 Å². The molecule has 1 aliphatic heterocycles. The number of hydrogen-bond acceptors (Lipinski definition) is 2. The van der Waals surface area contributed by atoms with Gasteiger partial charge >= 0.3 is 6.18 Å². The lowest BCUT2D eigenvalue weighted by Crippen LogP contribution is -2.40. The van der Waals surface area contributed by atoms with Crippen LogP contribution in [0.25, 0.3) is 0 Å². The molecule has 0 aromatic heterocycles. The van der Waals surface area contributed by atoms with Crippen LogP contribution in [0.15, 0.2) is 72.8 Å². The summed E-state index contributed by atoms with van der Waals surface area (Å²) in [5.74, 6) is -0.608. The van der Waals surface area contributed by atoms with Crippen molar-refractivity contribution in [2.45, 2.75) is 43.9 Å². The lowest BCUT2D eigenvalue weighted by Gasteiger charge is -2.24. The average molecular weight is 529 g/mol. The highest BCUT2D eigenvalue weighted by Crippen LogP contribution is 2.39. The predicted octanol–water partition coefficient (Wildman–Crippen LogP) is 6.53. The highest BCUT2D eigenvalue weighted by atomic mass is 19.4. The Morgan fingerprint density at radius 1 is 0.895 bits per heavy atom. The number of benzene rings is 3. The lowest BCUT2D eigenvalue weighted by atomic mass is 9.88. The van der Waals surface area contributed by atoms with E-state index < -0.39 is 11.7 Å². The molecule has 0 unspecified atom stereocenters. The molecule has 1 amide bonds. The van der Waals surface area contributed by atoms with Gasteiger partial charge in [-0.1, -0.05) is 42.5 Å². The van der Waals surface area contributed by atoms with Gasteiger partial charge in [-0.05, 0) is 71.7 Å². The van der Waals surface area contributed by atoms with Gasteiger partial charge in [0.05, 0.1) is 5.56 Å². The Hall–Kier alpha value is -3.26. The minimum absolute atomic E-state index is 0.0129. The van der Waals surface area contributed by atoms with Crippen LogP contribution in [0.5, 0.6) is 0 Å². The first-order valence-electron chi connectivity index (χ1n) is 12.8. The van der Waals surface area contributed by atoms with Crippen LogP contribution >= 0.6 is 0 Å². The number of hydrogen-bond donors (Lipinski definition) is 1. The molecule has 0 bridgehead atoms. The largest absolute Gasteiger partial charge is 0.416 e. The third-order valence-corrected chi connectivity index (χ3v) is 7.87. The van der Waals surface area contributed by atoms with Gasteiger partial charge in [-0.2, -0.15) is 13.2 Å². The van der Waals surface area contributed by atoms with Crippen molar-refractivity contribution >= 4 is 5.91 Å². The minimum Gasteiger partial charge on any atom is -0.353 e. The molecule has 3 nitrogen and oxygen atoms in total. The molecule has 1 N–H and O–H groups in total. The van der Waals surface area contributed by atoms with E-state index in [1.54, 1.807) is 30.3 Å². The number of halogens is 5. The fourth-order valence-corrected chi connectivity index (χ4v) is 6.04. The highest BCUT2D eigenvalue weighted by molar-refractivity contribution is 5.78. The number of alkyl halides is 3. The van der Waals surface area contributed by atoms with Crippen molar-refractivity contribution in [3.05, 3.63) is 107 Å². The van der Waals surface area contributed by atoms with Crippen LogP contribution in [0.3, 0.4) is 0 Å². The number of fused-ring (bicyclic) bond motifs is 1. The summed E-state index contributed by atoms with van der Waals surface area (Å²) in [5.41, 5.74) is 1.52. The summed E-state index contributed by atoms with van der Waals surface area (Å²) in [4.78, 5) is 15.4. The summed E-state index contributed by atoms with van der Waals surface area (Å²) >= 11 is 0. The van der Waals surface area contributed by atoms with Gasteiger partial charge in [0.15, 0.2) is 0 Å². The summed E-state index contributed by atoms with van der Waals surface area (Å²) in [5, 5.41) is 3.19. The SMILES string of the molecule is O=C(CC(c1ccc(F)cc1)c1ccc(F)cc1)N[C@H]1CC[C@H]2CN(Cc3cccc(C(F)(F)F)c3)C[C@H]21. The molecule has 2 aliphatic rings. The van der Waals surface area contributed by atoms with E-state index in [0.717, 1.165) is 36.6 Å². The third-order valence-electron chi connectivity index (χ3n) is 7.87. The summed E-state index contributed by atoms with van der Waals surface area (Å²) in [6, 6.07) is 17.4. The zero-order valence-corrected chi connectivity index (χ0v) is 20.7. The normalized spacial score (nSPS) is 21.6. The molecule has 38 heavy (non-hydrogen) atoms. The topological polar surface area (TPSA) is 32.3 Å². The zero-order chi connectivity index (χ0) is 26.9.